The molecule has 2 heterocycles. The fourth-order valence-electron chi connectivity index (χ4n) is 4.65. The lowest BCUT2D eigenvalue weighted by molar-refractivity contribution is 0.0702. The van der Waals surface area contributed by atoms with E-state index in [2.05, 4.69) is 4.85 Å². The Labute approximate surface area is 201 Å². The average molecular weight is 478 g/mol. The van der Waals surface area contributed by atoms with Crippen LogP contribution >= 0.6 is 0 Å². The zero-order valence-corrected chi connectivity index (χ0v) is 19.3. The molecule has 1 saturated heterocycles. The van der Waals surface area contributed by atoms with Crippen LogP contribution in [0.1, 0.15) is 47.8 Å². The Morgan fingerprint density at radius 3 is 2.60 bits per heavy atom. The lowest BCUT2D eigenvalue weighted by Gasteiger charge is -2.30. The van der Waals surface area contributed by atoms with Gasteiger partial charge in [-0.15, -0.1) is 0 Å². The number of aromatic nitrogens is 2. The largest absolute Gasteiger partial charge is 0.494 e. The summed E-state index contributed by atoms with van der Waals surface area (Å²) in [5.41, 5.74) is 7.82. The SMILES string of the molecule is [C-]#[N+]c1ccc(-c2nc(C(=O)N3CCC[C@H](N)C3)c(C3CC3)n2-c2ccc(OC)c(F)c2)cc1F. The van der Waals surface area contributed by atoms with Crippen molar-refractivity contribution in [1.29, 1.82) is 0 Å². The molecule has 0 radical (unpaired) electrons. The van der Waals surface area contributed by atoms with Gasteiger partial charge in [-0.3, -0.25) is 9.36 Å². The van der Waals surface area contributed by atoms with Crippen LogP contribution in [0, 0.1) is 18.2 Å². The highest BCUT2D eigenvalue weighted by Gasteiger charge is 2.37. The van der Waals surface area contributed by atoms with Crippen molar-refractivity contribution in [3.8, 4) is 22.8 Å². The molecule has 0 bridgehead atoms. The quantitative estimate of drug-likeness (QED) is 0.535. The molecule has 7 nitrogen and oxygen atoms in total. The summed E-state index contributed by atoms with van der Waals surface area (Å²) in [5.74, 6) is -0.988. The summed E-state index contributed by atoms with van der Waals surface area (Å²) in [4.78, 5) is 23.3. The third-order valence-electron chi connectivity index (χ3n) is 6.54. The first-order chi connectivity index (χ1) is 16.9. The Balaban J connectivity index is 1.71. The molecule has 2 N–H and O–H groups in total. The van der Waals surface area contributed by atoms with E-state index in [0.717, 1.165) is 25.7 Å². The van der Waals surface area contributed by atoms with Crippen LogP contribution in [0.4, 0.5) is 14.5 Å². The van der Waals surface area contributed by atoms with Gasteiger partial charge in [0, 0.05) is 36.7 Å². The van der Waals surface area contributed by atoms with Crippen LogP contribution in [0.25, 0.3) is 21.9 Å². The van der Waals surface area contributed by atoms with Crippen LogP contribution in [0.15, 0.2) is 36.4 Å². The number of hydrogen-bond donors (Lipinski definition) is 1. The Morgan fingerprint density at radius 2 is 1.97 bits per heavy atom. The summed E-state index contributed by atoms with van der Waals surface area (Å²) >= 11 is 0. The summed E-state index contributed by atoms with van der Waals surface area (Å²) in [6.07, 6.45) is 3.41. The van der Waals surface area contributed by atoms with E-state index in [4.69, 9.17) is 22.0 Å². The Hall–Kier alpha value is -3.77. The monoisotopic (exact) mass is 477 g/mol. The maximum atomic E-state index is 14.7. The number of nitrogens with zero attached hydrogens (tertiary/aromatic N) is 4. The molecule has 2 aliphatic rings. The Morgan fingerprint density at radius 1 is 1.17 bits per heavy atom. The van der Waals surface area contributed by atoms with Gasteiger partial charge in [-0.25, -0.2) is 18.6 Å². The zero-order chi connectivity index (χ0) is 24.7. The number of benzene rings is 2. The smallest absolute Gasteiger partial charge is 0.274 e. The van der Waals surface area contributed by atoms with Crippen LogP contribution in [0.5, 0.6) is 5.75 Å². The first-order valence-electron chi connectivity index (χ1n) is 11.6. The molecule has 3 aromatic rings. The number of rotatable bonds is 5. The van der Waals surface area contributed by atoms with E-state index >= 15 is 0 Å². The number of halogens is 2. The van der Waals surface area contributed by atoms with Gasteiger partial charge in [0.2, 0.25) is 5.69 Å². The molecule has 5 rings (SSSR count). The summed E-state index contributed by atoms with van der Waals surface area (Å²) in [6, 6.07) is 8.64. The third kappa shape index (κ3) is 4.26. The third-order valence-corrected chi connectivity index (χ3v) is 6.54. The molecule has 1 amide bonds. The van der Waals surface area contributed by atoms with Gasteiger partial charge in [-0.1, -0.05) is 12.1 Å². The van der Waals surface area contributed by atoms with Crippen molar-refractivity contribution in [2.24, 2.45) is 5.73 Å². The standard InChI is InChI=1S/C26H25F2N5O2/c1-30-21-9-7-16(12-19(21)27)25-31-23(26(34)32-11-3-4-17(29)14-32)24(15-5-6-15)33(25)18-8-10-22(35-2)20(28)13-18/h7-10,12-13,15,17H,3-6,11,14,29H2,2H3/t17-/m0/s1. The van der Waals surface area contributed by atoms with Gasteiger partial charge < -0.3 is 15.4 Å². The Kier molecular flexibility index (Phi) is 5.99. The number of piperidine rings is 1. The highest BCUT2D eigenvalue weighted by Crippen LogP contribution is 2.45. The topological polar surface area (TPSA) is 77.7 Å². The molecule has 180 valence electrons. The highest BCUT2D eigenvalue weighted by molar-refractivity contribution is 5.95. The van der Waals surface area contributed by atoms with Crippen molar-refractivity contribution < 1.29 is 18.3 Å². The fraction of sp³-hybridized carbons (Fsp3) is 0.346. The van der Waals surface area contributed by atoms with Gasteiger partial charge >= 0.3 is 0 Å². The molecule has 2 aromatic carbocycles. The van der Waals surface area contributed by atoms with E-state index in [1.54, 1.807) is 21.6 Å². The van der Waals surface area contributed by atoms with E-state index in [1.807, 2.05) is 0 Å². The number of methoxy groups -OCH3 is 1. The lowest BCUT2D eigenvalue weighted by Crippen LogP contribution is -2.46. The molecule has 1 saturated carbocycles. The van der Waals surface area contributed by atoms with Gasteiger partial charge in [-0.2, -0.15) is 0 Å². The van der Waals surface area contributed by atoms with E-state index in [1.165, 1.54) is 31.4 Å². The summed E-state index contributed by atoms with van der Waals surface area (Å²) < 4.78 is 36.1. The number of nitrogens with two attached hydrogens (primary N) is 1. The number of ether oxygens (including phenoxy) is 1. The van der Waals surface area contributed by atoms with Crippen molar-refractivity contribution in [2.45, 2.75) is 37.6 Å². The minimum absolute atomic E-state index is 0.0752. The lowest BCUT2D eigenvalue weighted by atomic mass is 10.1. The van der Waals surface area contributed by atoms with Crippen molar-refractivity contribution in [3.63, 3.8) is 0 Å². The molecular weight excluding hydrogens is 452 g/mol. The summed E-state index contributed by atoms with van der Waals surface area (Å²) in [7, 11) is 1.39. The summed E-state index contributed by atoms with van der Waals surface area (Å²) in [5, 5.41) is 0. The highest BCUT2D eigenvalue weighted by atomic mass is 19.1. The minimum atomic E-state index is -0.684. The zero-order valence-electron chi connectivity index (χ0n) is 19.3. The number of amides is 1. The van der Waals surface area contributed by atoms with Gasteiger partial charge in [0.1, 0.15) is 11.6 Å². The summed E-state index contributed by atoms with van der Waals surface area (Å²) in [6.45, 7) is 8.17. The maximum Gasteiger partial charge on any atom is 0.274 e. The van der Waals surface area contributed by atoms with E-state index in [-0.39, 0.29) is 35.0 Å². The number of imidazole rings is 1. The van der Waals surface area contributed by atoms with Crippen LogP contribution in [-0.4, -0.2) is 46.6 Å². The second-order valence-electron chi connectivity index (χ2n) is 9.03. The van der Waals surface area contributed by atoms with E-state index in [9.17, 15) is 13.6 Å². The predicted molar refractivity (Wildman–Crippen MR) is 127 cm³/mol. The first-order valence-corrected chi connectivity index (χ1v) is 11.6. The van der Waals surface area contributed by atoms with Gasteiger partial charge in [0.15, 0.2) is 17.3 Å². The molecule has 1 atom stereocenters. The molecule has 9 heteroatoms. The van der Waals surface area contributed by atoms with E-state index < -0.39 is 11.6 Å². The van der Waals surface area contributed by atoms with Gasteiger partial charge in [-0.05, 0) is 43.9 Å². The molecule has 2 fully saturated rings. The van der Waals surface area contributed by atoms with Crippen molar-refractivity contribution in [3.05, 3.63) is 70.8 Å². The molecule has 1 aromatic heterocycles. The predicted octanol–water partition coefficient (Wildman–Crippen LogP) is 4.82. The number of carbonyl (C=O) groups excluding carboxylic acids is 1. The molecule has 0 unspecified atom stereocenters. The maximum absolute atomic E-state index is 14.7. The van der Waals surface area contributed by atoms with Gasteiger partial charge in [0.25, 0.3) is 5.91 Å². The van der Waals surface area contributed by atoms with Crippen LogP contribution in [0.3, 0.4) is 0 Å². The molecule has 1 aliphatic carbocycles. The van der Waals surface area contributed by atoms with Gasteiger partial charge in [0.05, 0.1) is 25.1 Å². The van der Waals surface area contributed by atoms with E-state index in [0.29, 0.717) is 35.9 Å². The Bertz CT molecular complexity index is 1340. The fourth-order valence-corrected chi connectivity index (χ4v) is 4.65. The van der Waals surface area contributed by atoms with Crippen molar-refractivity contribution in [2.75, 3.05) is 20.2 Å². The van der Waals surface area contributed by atoms with Crippen LogP contribution in [-0.2, 0) is 0 Å². The normalized spacial score (nSPS) is 17.8. The second kappa shape index (κ2) is 9.12. The van der Waals surface area contributed by atoms with Crippen molar-refractivity contribution >= 4 is 11.6 Å². The molecular formula is C26H25F2N5O2. The second-order valence-corrected chi connectivity index (χ2v) is 9.03. The number of hydrogen-bond acceptors (Lipinski definition) is 4. The minimum Gasteiger partial charge on any atom is -0.494 e. The van der Waals surface area contributed by atoms with Crippen LogP contribution < -0.4 is 10.5 Å². The number of likely N-dealkylation sites (tertiary alicyclic amines) is 1. The van der Waals surface area contributed by atoms with Crippen molar-refractivity contribution in [1.82, 2.24) is 14.5 Å². The average Bonchev–Trinajstić information content (AvgIpc) is 3.62. The number of carbonyl (C=O) groups is 1. The molecule has 1 aliphatic heterocycles. The molecule has 35 heavy (non-hydrogen) atoms. The van der Waals surface area contributed by atoms with Crippen LogP contribution in [0.2, 0.25) is 0 Å². The molecule has 0 spiro atoms. The first kappa shape index (κ1) is 23.0.